The topological polar surface area (TPSA) is 46.3 Å². The molecule has 0 atom stereocenters. The Morgan fingerprint density at radius 2 is 1.95 bits per heavy atom. The van der Waals surface area contributed by atoms with Gasteiger partial charge in [0, 0.05) is 18.7 Å². The average molecular weight is 298 g/mol. The molecule has 0 aliphatic heterocycles. The van der Waals surface area contributed by atoms with E-state index in [0.717, 1.165) is 24.4 Å². The quantitative estimate of drug-likeness (QED) is 0.855. The summed E-state index contributed by atoms with van der Waals surface area (Å²) < 4.78 is 5.71. The van der Waals surface area contributed by atoms with Crippen molar-refractivity contribution in [1.82, 2.24) is 4.98 Å². The van der Waals surface area contributed by atoms with Crippen LogP contribution in [0.4, 0.5) is 5.69 Å². The molecular weight excluding hydrogens is 276 g/mol. The highest BCUT2D eigenvalue weighted by Gasteiger charge is 2.28. The van der Waals surface area contributed by atoms with E-state index in [4.69, 9.17) is 4.42 Å². The normalized spacial score (nSPS) is 14.7. The number of nitrogens with zero attached hydrogens (tertiary/aromatic N) is 2. The van der Waals surface area contributed by atoms with Crippen molar-refractivity contribution < 1.29 is 9.21 Å². The monoisotopic (exact) mass is 298 g/mol. The molecule has 0 N–H and O–H groups in total. The van der Waals surface area contributed by atoms with E-state index in [1.165, 1.54) is 17.5 Å². The van der Waals surface area contributed by atoms with Gasteiger partial charge in [-0.1, -0.05) is 12.5 Å². The number of rotatable bonds is 3. The van der Waals surface area contributed by atoms with E-state index in [2.05, 4.69) is 11.9 Å². The molecule has 0 bridgehead atoms. The summed E-state index contributed by atoms with van der Waals surface area (Å²) in [4.78, 5) is 18.8. The predicted molar refractivity (Wildman–Crippen MR) is 86.5 cm³/mol. The summed E-state index contributed by atoms with van der Waals surface area (Å²) in [5.74, 6) is 1.62. The zero-order valence-electron chi connectivity index (χ0n) is 13.6. The molecule has 2 aromatic rings. The lowest BCUT2D eigenvalue weighted by Crippen LogP contribution is -2.27. The second-order valence-corrected chi connectivity index (χ2v) is 6.22. The van der Waals surface area contributed by atoms with Crippen LogP contribution in [0.3, 0.4) is 0 Å². The van der Waals surface area contributed by atoms with Crippen LogP contribution in [0.1, 0.15) is 58.4 Å². The molecule has 4 heteroatoms. The van der Waals surface area contributed by atoms with Gasteiger partial charge >= 0.3 is 0 Å². The van der Waals surface area contributed by atoms with Crippen molar-refractivity contribution in [2.75, 3.05) is 11.9 Å². The number of carbonyl (C=O) groups excluding carboxylic acids is 1. The first-order valence-electron chi connectivity index (χ1n) is 7.80. The number of amides is 1. The minimum atomic E-state index is -0.116. The third kappa shape index (κ3) is 2.54. The molecule has 0 spiro atoms. The minimum absolute atomic E-state index is 0.116. The Labute approximate surface area is 131 Å². The number of aromatic nitrogens is 1. The molecule has 3 rings (SSSR count). The van der Waals surface area contributed by atoms with Crippen molar-refractivity contribution in [3.8, 4) is 0 Å². The summed E-state index contributed by atoms with van der Waals surface area (Å²) >= 11 is 0. The van der Waals surface area contributed by atoms with Crippen LogP contribution >= 0.6 is 0 Å². The second-order valence-electron chi connectivity index (χ2n) is 6.22. The van der Waals surface area contributed by atoms with Gasteiger partial charge in [0.25, 0.3) is 5.91 Å². The maximum atomic E-state index is 12.7. The van der Waals surface area contributed by atoms with Gasteiger partial charge in [0.05, 0.1) is 0 Å². The van der Waals surface area contributed by atoms with Gasteiger partial charge in [-0.3, -0.25) is 4.79 Å². The second kappa shape index (κ2) is 5.59. The van der Waals surface area contributed by atoms with E-state index in [1.54, 1.807) is 11.9 Å². The molecule has 1 aromatic heterocycles. The van der Waals surface area contributed by atoms with Crippen LogP contribution in [0.15, 0.2) is 22.6 Å². The molecule has 116 valence electrons. The van der Waals surface area contributed by atoms with E-state index >= 15 is 0 Å². The number of anilines is 1. The first kappa shape index (κ1) is 14.8. The lowest BCUT2D eigenvalue weighted by atomic mass is 9.85. The molecule has 1 fully saturated rings. The first-order chi connectivity index (χ1) is 10.5. The number of aryl methyl sites for hydroxylation is 3. The van der Waals surface area contributed by atoms with Crippen molar-refractivity contribution in [2.45, 2.75) is 46.0 Å². The van der Waals surface area contributed by atoms with Gasteiger partial charge in [0.2, 0.25) is 0 Å². The summed E-state index contributed by atoms with van der Waals surface area (Å²) in [5.41, 5.74) is 3.70. The SMILES string of the molecule is Cc1ccc(N(C)C(=O)c2nc(C3CCC3)oc2C)cc1C. The smallest absolute Gasteiger partial charge is 0.280 e. The Hall–Kier alpha value is -2.10. The Balaban J connectivity index is 1.86. The van der Waals surface area contributed by atoms with Crippen LogP contribution < -0.4 is 4.90 Å². The maximum Gasteiger partial charge on any atom is 0.280 e. The standard InChI is InChI=1S/C18H22N2O2/c1-11-8-9-15(10-12(11)2)20(4)18(21)16-13(3)22-17(19-16)14-6-5-7-14/h8-10,14H,5-7H2,1-4H3. The molecule has 0 radical (unpaired) electrons. The number of oxazole rings is 1. The number of hydrogen-bond acceptors (Lipinski definition) is 3. The molecule has 1 aliphatic carbocycles. The van der Waals surface area contributed by atoms with Gasteiger partial charge < -0.3 is 9.32 Å². The summed E-state index contributed by atoms with van der Waals surface area (Å²) in [6.07, 6.45) is 3.44. The Morgan fingerprint density at radius 1 is 1.23 bits per heavy atom. The highest BCUT2D eigenvalue weighted by Crippen LogP contribution is 2.36. The van der Waals surface area contributed by atoms with Gasteiger partial charge in [-0.25, -0.2) is 4.98 Å². The van der Waals surface area contributed by atoms with E-state index in [1.807, 2.05) is 32.0 Å². The fourth-order valence-electron chi connectivity index (χ4n) is 2.66. The van der Waals surface area contributed by atoms with Gasteiger partial charge in [0.1, 0.15) is 5.76 Å². The van der Waals surface area contributed by atoms with Gasteiger partial charge in [0.15, 0.2) is 11.6 Å². The van der Waals surface area contributed by atoms with Gasteiger partial charge in [-0.15, -0.1) is 0 Å². The van der Waals surface area contributed by atoms with Crippen molar-refractivity contribution >= 4 is 11.6 Å². The molecule has 1 heterocycles. The molecule has 1 aromatic carbocycles. The Bertz CT molecular complexity index is 714. The van der Waals surface area contributed by atoms with Crippen LogP contribution in [0.25, 0.3) is 0 Å². The largest absolute Gasteiger partial charge is 0.445 e. The van der Waals surface area contributed by atoms with Crippen molar-refractivity contribution in [3.63, 3.8) is 0 Å². The molecule has 1 aliphatic rings. The summed E-state index contributed by atoms with van der Waals surface area (Å²) in [6, 6.07) is 6.02. The fraction of sp³-hybridized carbons (Fsp3) is 0.444. The number of benzene rings is 1. The molecule has 0 saturated heterocycles. The third-order valence-corrected chi connectivity index (χ3v) is 4.65. The highest BCUT2D eigenvalue weighted by atomic mass is 16.4. The summed E-state index contributed by atoms with van der Waals surface area (Å²) in [7, 11) is 1.78. The van der Waals surface area contributed by atoms with Crippen LogP contribution in [0.5, 0.6) is 0 Å². The van der Waals surface area contributed by atoms with Crippen LogP contribution in [-0.4, -0.2) is 17.9 Å². The highest BCUT2D eigenvalue weighted by molar-refractivity contribution is 6.05. The van der Waals surface area contributed by atoms with Gasteiger partial charge in [-0.05, 0) is 56.9 Å². The molecular formula is C18H22N2O2. The van der Waals surface area contributed by atoms with Crippen molar-refractivity contribution in [3.05, 3.63) is 46.7 Å². The van der Waals surface area contributed by atoms with Crippen LogP contribution in [0.2, 0.25) is 0 Å². The number of carbonyl (C=O) groups is 1. The lowest BCUT2D eigenvalue weighted by Gasteiger charge is -2.21. The van der Waals surface area contributed by atoms with Crippen molar-refractivity contribution in [1.29, 1.82) is 0 Å². The van der Waals surface area contributed by atoms with Crippen LogP contribution in [0, 0.1) is 20.8 Å². The van der Waals surface area contributed by atoms with E-state index in [0.29, 0.717) is 17.4 Å². The zero-order valence-corrected chi connectivity index (χ0v) is 13.6. The molecule has 1 amide bonds. The summed E-state index contributed by atoms with van der Waals surface area (Å²) in [5, 5.41) is 0. The number of hydrogen-bond donors (Lipinski definition) is 0. The Kier molecular flexibility index (Phi) is 3.77. The first-order valence-corrected chi connectivity index (χ1v) is 7.80. The van der Waals surface area contributed by atoms with E-state index in [-0.39, 0.29) is 5.91 Å². The Morgan fingerprint density at radius 3 is 2.55 bits per heavy atom. The zero-order chi connectivity index (χ0) is 15.9. The molecule has 4 nitrogen and oxygen atoms in total. The molecule has 0 unspecified atom stereocenters. The molecule has 22 heavy (non-hydrogen) atoms. The lowest BCUT2D eigenvalue weighted by molar-refractivity contribution is 0.0987. The average Bonchev–Trinajstić information content (AvgIpc) is 2.80. The van der Waals surface area contributed by atoms with Crippen LogP contribution in [-0.2, 0) is 0 Å². The van der Waals surface area contributed by atoms with Crippen molar-refractivity contribution in [2.24, 2.45) is 0 Å². The predicted octanol–water partition coefficient (Wildman–Crippen LogP) is 4.14. The summed E-state index contributed by atoms with van der Waals surface area (Å²) in [6.45, 7) is 5.93. The van der Waals surface area contributed by atoms with Gasteiger partial charge in [-0.2, -0.15) is 0 Å². The third-order valence-electron chi connectivity index (χ3n) is 4.65. The fourth-order valence-corrected chi connectivity index (χ4v) is 2.66. The minimum Gasteiger partial charge on any atom is -0.445 e. The van der Waals surface area contributed by atoms with E-state index < -0.39 is 0 Å². The van der Waals surface area contributed by atoms with E-state index in [9.17, 15) is 4.79 Å². The molecule has 1 saturated carbocycles. The maximum absolute atomic E-state index is 12.7.